The Labute approximate surface area is 119 Å². The van der Waals surface area contributed by atoms with Crippen LogP contribution in [0.25, 0.3) is 0 Å². The molecule has 1 unspecified atom stereocenters. The molecule has 0 saturated carbocycles. The van der Waals surface area contributed by atoms with Gasteiger partial charge in [-0.25, -0.2) is 4.98 Å². The van der Waals surface area contributed by atoms with Gasteiger partial charge in [0.25, 0.3) is 0 Å². The lowest BCUT2D eigenvalue weighted by atomic mass is 10.0. The highest BCUT2D eigenvalue weighted by Gasteiger charge is 2.12. The predicted octanol–water partition coefficient (Wildman–Crippen LogP) is 3.36. The van der Waals surface area contributed by atoms with E-state index in [0.29, 0.717) is 6.04 Å². The fraction of sp³-hybridized carbons (Fsp3) is 0.467. The minimum Gasteiger partial charge on any atom is -0.310 e. The zero-order chi connectivity index (χ0) is 13.8. The maximum atomic E-state index is 4.56. The summed E-state index contributed by atoms with van der Waals surface area (Å²) >= 11 is 1.65. The van der Waals surface area contributed by atoms with Crippen LogP contribution in [0.3, 0.4) is 0 Å². The highest BCUT2D eigenvalue weighted by Crippen LogP contribution is 2.21. The van der Waals surface area contributed by atoms with Crippen molar-refractivity contribution in [1.82, 2.24) is 15.3 Å². The summed E-state index contributed by atoms with van der Waals surface area (Å²) in [5.74, 6) is 0. The molecule has 0 aromatic carbocycles. The Morgan fingerprint density at radius 1 is 1.32 bits per heavy atom. The molecule has 2 heterocycles. The minimum atomic E-state index is 0.326. The third-order valence-corrected chi connectivity index (χ3v) is 3.97. The smallest absolute Gasteiger partial charge is 0.0794 e. The summed E-state index contributed by atoms with van der Waals surface area (Å²) in [5.41, 5.74) is 7.92. The van der Waals surface area contributed by atoms with E-state index in [9.17, 15) is 0 Å². The predicted molar refractivity (Wildman–Crippen MR) is 80.7 cm³/mol. The van der Waals surface area contributed by atoms with Gasteiger partial charge in [-0.3, -0.25) is 4.98 Å². The number of aryl methyl sites for hydroxylation is 3. The van der Waals surface area contributed by atoms with E-state index < -0.39 is 0 Å². The van der Waals surface area contributed by atoms with Crippen LogP contribution in [-0.2, 0) is 6.42 Å². The second-order valence-corrected chi connectivity index (χ2v) is 5.70. The molecular formula is C15H21N3S. The van der Waals surface area contributed by atoms with E-state index in [1.54, 1.807) is 11.3 Å². The van der Waals surface area contributed by atoms with Crippen molar-refractivity contribution in [2.75, 3.05) is 6.54 Å². The van der Waals surface area contributed by atoms with E-state index in [2.05, 4.69) is 47.5 Å². The molecule has 4 heteroatoms. The van der Waals surface area contributed by atoms with Crippen molar-refractivity contribution in [2.45, 2.75) is 40.2 Å². The van der Waals surface area contributed by atoms with Gasteiger partial charge < -0.3 is 5.32 Å². The van der Waals surface area contributed by atoms with Crippen LogP contribution in [-0.4, -0.2) is 16.5 Å². The number of aromatic nitrogens is 2. The SMILES string of the molecule is Cc1cc(C)c(C(C)NCCc2cscn2)c(C)n1. The van der Waals surface area contributed by atoms with Crippen LogP contribution in [0.2, 0.25) is 0 Å². The second kappa shape index (κ2) is 6.26. The van der Waals surface area contributed by atoms with Gasteiger partial charge in [0.05, 0.1) is 11.2 Å². The van der Waals surface area contributed by atoms with Gasteiger partial charge >= 0.3 is 0 Å². The molecule has 2 aromatic heterocycles. The van der Waals surface area contributed by atoms with Crippen molar-refractivity contribution in [2.24, 2.45) is 0 Å². The Hall–Kier alpha value is -1.26. The molecule has 0 saturated heterocycles. The standard InChI is InChI=1S/C15H21N3S/c1-10-7-11(2)18-13(4)15(10)12(3)16-6-5-14-8-19-9-17-14/h7-9,12,16H,5-6H2,1-4H3. The van der Waals surface area contributed by atoms with Gasteiger partial charge in [-0.1, -0.05) is 0 Å². The van der Waals surface area contributed by atoms with E-state index >= 15 is 0 Å². The summed E-state index contributed by atoms with van der Waals surface area (Å²) in [7, 11) is 0. The topological polar surface area (TPSA) is 37.8 Å². The molecular weight excluding hydrogens is 254 g/mol. The first-order chi connectivity index (χ1) is 9.08. The van der Waals surface area contributed by atoms with Gasteiger partial charge in [-0.15, -0.1) is 11.3 Å². The molecule has 0 aliphatic heterocycles. The Morgan fingerprint density at radius 3 is 2.74 bits per heavy atom. The first-order valence-electron chi connectivity index (χ1n) is 6.63. The number of thiazole rings is 1. The van der Waals surface area contributed by atoms with Crippen molar-refractivity contribution in [3.05, 3.63) is 45.2 Å². The molecule has 0 radical (unpaired) electrons. The average Bonchev–Trinajstić information content (AvgIpc) is 2.80. The summed E-state index contributed by atoms with van der Waals surface area (Å²) in [5, 5.41) is 5.67. The molecule has 3 nitrogen and oxygen atoms in total. The van der Waals surface area contributed by atoms with E-state index in [0.717, 1.165) is 24.4 Å². The lowest BCUT2D eigenvalue weighted by Crippen LogP contribution is -2.23. The van der Waals surface area contributed by atoms with E-state index in [1.807, 2.05) is 12.4 Å². The third-order valence-electron chi connectivity index (χ3n) is 3.33. The minimum absolute atomic E-state index is 0.326. The van der Waals surface area contributed by atoms with E-state index in [1.165, 1.54) is 16.8 Å². The third kappa shape index (κ3) is 3.61. The number of hydrogen-bond acceptors (Lipinski definition) is 4. The molecule has 0 bridgehead atoms. The van der Waals surface area contributed by atoms with E-state index in [4.69, 9.17) is 0 Å². The molecule has 2 rings (SSSR count). The first-order valence-corrected chi connectivity index (χ1v) is 7.57. The number of hydrogen-bond donors (Lipinski definition) is 1. The molecule has 102 valence electrons. The fourth-order valence-corrected chi connectivity index (χ4v) is 3.16. The van der Waals surface area contributed by atoms with Crippen molar-refractivity contribution in [3.8, 4) is 0 Å². The Morgan fingerprint density at radius 2 is 2.11 bits per heavy atom. The first kappa shape index (κ1) is 14.2. The lowest BCUT2D eigenvalue weighted by molar-refractivity contribution is 0.567. The van der Waals surface area contributed by atoms with Gasteiger partial charge in [0, 0.05) is 35.8 Å². The lowest BCUT2D eigenvalue weighted by Gasteiger charge is -2.19. The van der Waals surface area contributed by atoms with Crippen LogP contribution in [0.15, 0.2) is 17.0 Å². The van der Waals surface area contributed by atoms with Crippen LogP contribution in [0.4, 0.5) is 0 Å². The zero-order valence-electron chi connectivity index (χ0n) is 12.0. The van der Waals surface area contributed by atoms with Crippen LogP contribution in [0, 0.1) is 20.8 Å². The Kier molecular flexibility index (Phi) is 4.66. The van der Waals surface area contributed by atoms with Crippen molar-refractivity contribution in [3.63, 3.8) is 0 Å². The summed E-state index contributed by atoms with van der Waals surface area (Å²) in [6, 6.07) is 2.48. The molecule has 0 spiro atoms. The van der Waals surface area contributed by atoms with Crippen LogP contribution < -0.4 is 5.32 Å². The van der Waals surface area contributed by atoms with Crippen molar-refractivity contribution < 1.29 is 0 Å². The zero-order valence-corrected chi connectivity index (χ0v) is 12.8. The molecule has 0 aliphatic rings. The van der Waals surface area contributed by atoms with Gasteiger partial charge in [-0.05, 0) is 44.9 Å². The largest absolute Gasteiger partial charge is 0.310 e. The maximum absolute atomic E-state index is 4.56. The second-order valence-electron chi connectivity index (χ2n) is 4.99. The fourth-order valence-electron chi connectivity index (χ4n) is 2.57. The number of pyridine rings is 1. The Bertz CT molecular complexity index is 511. The molecule has 0 amide bonds. The van der Waals surface area contributed by atoms with Gasteiger partial charge in [0.2, 0.25) is 0 Å². The van der Waals surface area contributed by atoms with Gasteiger partial charge in [-0.2, -0.15) is 0 Å². The van der Waals surface area contributed by atoms with Crippen molar-refractivity contribution in [1.29, 1.82) is 0 Å². The summed E-state index contributed by atoms with van der Waals surface area (Å²) in [4.78, 5) is 8.86. The highest BCUT2D eigenvalue weighted by molar-refractivity contribution is 7.07. The summed E-state index contributed by atoms with van der Waals surface area (Å²) in [6.07, 6.45) is 0.977. The normalized spacial score (nSPS) is 12.6. The molecule has 0 fully saturated rings. The van der Waals surface area contributed by atoms with Crippen molar-refractivity contribution >= 4 is 11.3 Å². The average molecular weight is 275 g/mol. The van der Waals surface area contributed by atoms with E-state index in [-0.39, 0.29) is 0 Å². The Balaban J connectivity index is 1.98. The summed E-state index contributed by atoms with van der Waals surface area (Å²) < 4.78 is 0. The van der Waals surface area contributed by atoms with Crippen LogP contribution in [0.1, 0.15) is 41.2 Å². The quantitative estimate of drug-likeness (QED) is 0.909. The van der Waals surface area contributed by atoms with Crippen LogP contribution >= 0.6 is 11.3 Å². The molecule has 1 N–H and O–H groups in total. The number of nitrogens with zero attached hydrogens (tertiary/aromatic N) is 2. The van der Waals surface area contributed by atoms with Gasteiger partial charge in [0.1, 0.15) is 0 Å². The molecule has 0 aliphatic carbocycles. The monoisotopic (exact) mass is 275 g/mol. The number of nitrogens with one attached hydrogen (secondary N) is 1. The molecule has 19 heavy (non-hydrogen) atoms. The van der Waals surface area contributed by atoms with Gasteiger partial charge in [0.15, 0.2) is 0 Å². The summed E-state index contributed by atoms with van der Waals surface area (Å²) in [6.45, 7) is 9.44. The molecule has 1 atom stereocenters. The highest BCUT2D eigenvalue weighted by atomic mass is 32.1. The maximum Gasteiger partial charge on any atom is 0.0794 e. The van der Waals surface area contributed by atoms with Crippen LogP contribution in [0.5, 0.6) is 0 Å². The molecule has 2 aromatic rings. The number of rotatable bonds is 5.